The summed E-state index contributed by atoms with van der Waals surface area (Å²) in [7, 11) is 1.72. The van der Waals surface area contributed by atoms with Crippen molar-refractivity contribution in [1.29, 1.82) is 0 Å². The van der Waals surface area contributed by atoms with Gasteiger partial charge in [0.15, 0.2) is 0 Å². The third-order valence-corrected chi connectivity index (χ3v) is 6.37. The number of hydrogen-bond acceptors (Lipinski definition) is 4. The van der Waals surface area contributed by atoms with Gasteiger partial charge in [0, 0.05) is 18.9 Å². The van der Waals surface area contributed by atoms with Gasteiger partial charge in [-0.1, -0.05) is 35.9 Å². The van der Waals surface area contributed by atoms with Crippen molar-refractivity contribution in [3.8, 4) is 0 Å². The fraction of sp³-hybridized carbons (Fsp3) is 0.300. The Morgan fingerprint density at radius 3 is 2.89 bits per heavy atom. The van der Waals surface area contributed by atoms with Crippen LogP contribution in [-0.2, 0) is 11.2 Å². The molecule has 0 radical (unpaired) electrons. The number of carbonyl (C=O) groups excluding carboxylic acids is 2. The third kappa shape index (κ3) is 3.41. The van der Waals surface area contributed by atoms with Crippen molar-refractivity contribution in [2.24, 2.45) is 0 Å². The highest BCUT2D eigenvalue weighted by atomic mass is 35.5. The Morgan fingerprint density at radius 1 is 1.36 bits per heavy atom. The molecule has 8 heteroatoms. The van der Waals surface area contributed by atoms with E-state index in [1.807, 2.05) is 30.3 Å². The minimum absolute atomic E-state index is 0.0590. The number of amides is 2. The number of hydrogen-bond donors (Lipinski definition) is 3. The van der Waals surface area contributed by atoms with Crippen LogP contribution in [0.15, 0.2) is 36.4 Å². The van der Waals surface area contributed by atoms with E-state index in [2.05, 4.69) is 10.3 Å². The highest BCUT2D eigenvalue weighted by Gasteiger charge is 2.37. The molecular weight excluding hydrogens is 398 g/mol. The van der Waals surface area contributed by atoms with Crippen LogP contribution in [0.4, 0.5) is 0 Å². The number of nitrogens with one attached hydrogen (secondary N) is 2. The molecule has 2 atom stereocenters. The quantitative estimate of drug-likeness (QED) is 0.596. The molecule has 2 heterocycles. The lowest BCUT2D eigenvalue weighted by Crippen LogP contribution is -2.45. The summed E-state index contributed by atoms with van der Waals surface area (Å²) in [6.07, 6.45) is 0.702. The standard InChI is InChI=1S/C20H20ClN3O3S/c1-24(17(26)6-7-25)18-13-5-3-2-4-11(13)8-14(18)22-19(27)15-9-12-10-16(21)28-20(12)23-15/h2-5,9-10,14,18,23,25H,6-8H2,1H3,(H,22,27)/t14-,18-/m1/s1. The minimum atomic E-state index is -0.273. The van der Waals surface area contributed by atoms with Gasteiger partial charge in [0.25, 0.3) is 5.91 Å². The molecule has 0 bridgehead atoms. The number of fused-ring (bicyclic) bond motifs is 2. The molecule has 2 amide bonds. The van der Waals surface area contributed by atoms with E-state index < -0.39 is 0 Å². The van der Waals surface area contributed by atoms with Gasteiger partial charge in [-0.2, -0.15) is 0 Å². The number of rotatable bonds is 5. The Bertz CT molecular complexity index is 1010. The Hall–Kier alpha value is -2.35. The molecule has 2 aromatic heterocycles. The van der Waals surface area contributed by atoms with Crippen LogP contribution in [0.3, 0.4) is 0 Å². The maximum Gasteiger partial charge on any atom is 0.268 e. The third-order valence-electron chi connectivity index (χ3n) is 5.17. The number of nitrogens with zero attached hydrogens (tertiary/aromatic N) is 1. The molecule has 4 rings (SSSR count). The Morgan fingerprint density at radius 2 is 2.14 bits per heavy atom. The normalized spacial score (nSPS) is 18.2. The van der Waals surface area contributed by atoms with Crippen molar-refractivity contribution < 1.29 is 14.7 Å². The first-order chi connectivity index (χ1) is 13.5. The van der Waals surface area contributed by atoms with Gasteiger partial charge in [-0.3, -0.25) is 9.59 Å². The first-order valence-electron chi connectivity index (χ1n) is 9.01. The number of aromatic amines is 1. The second kappa shape index (κ2) is 7.58. The summed E-state index contributed by atoms with van der Waals surface area (Å²) in [5.41, 5.74) is 2.61. The molecule has 1 aliphatic rings. The number of likely N-dealkylation sites (N-methyl/N-ethyl adjacent to an activating group) is 1. The molecule has 6 nitrogen and oxygen atoms in total. The molecule has 0 saturated heterocycles. The molecule has 0 aliphatic heterocycles. The zero-order valence-corrected chi connectivity index (χ0v) is 16.8. The Labute approximate surface area is 171 Å². The van der Waals surface area contributed by atoms with Gasteiger partial charge in [0.05, 0.1) is 23.0 Å². The van der Waals surface area contributed by atoms with E-state index in [0.29, 0.717) is 16.5 Å². The fourth-order valence-electron chi connectivity index (χ4n) is 3.87. The molecule has 0 fully saturated rings. The predicted octanol–water partition coefficient (Wildman–Crippen LogP) is 3.12. The molecular formula is C20H20ClN3O3S. The van der Waals surface area contributed by atoms with Gasteiger partial charge in [-0.05, 0) is 29.7 Å². The fourth-order valence-corrected chi connectivity index (χ4v) is 5.00. The zero-order chi connectivity index (χ0) is 19.8. The van der Waals surface area contributed by atoms with E-state index >= 15 is 0 Å². The number of aliphatic hydroxyl groups excluding tert-OH is 1. The summed E-state index contributed by atoms with van der Waals surface area (Å²) < 4.78 is 0.670. The van der Waals surface area contributed by atoms with Gasteiger partial charge in [-0.15, -0.1) is 11.3 Å². The number of H-pyrrole nitrogens is 1. The van der Waals surface area contributed by atoms with Crippen molar-refractivity contribution in [2.45, 2.75) is 24.9 Å². The van der Waals surface area contributed by atoms with Gasteiger partial charge in [-0.25, -0.2) is 0 Å². The molecule has 1 aromatic carbocycles. The number of aromatic nitrogens is 1. The summed E-state index contributed by atoms with van der Waals surface area (Å²) in [4.78, 5) is 30.8. The number of halogens is 1. The van der Waals surface area contributed by atoms with E-state index in [-0.39, 0.29) is 36.9 Å². The van der Waals surface area contributed by atoms with Crippen LogP contribution in [0, 0.1) is 0 Å². The molecule has 3 aromatic rings. The second-order valence-corrected chi connectivity index (χ2v) is 8.61. The van der Waals surface area contributed by atoms with Crippen molar-refractivity contribution in [3.05, 3.63) is 57.6 Å². The molecule has 0 saturated carbocycles. The van der Waals surface area contributed by atoms with Gasteiger partial charge < -0.3 is 20.3 Å². The van der Waals surface area contributed by atoms with Crippen molar-refractivity contribution in [2.75, 3.05) is 13.7 Å². The molecule has 3 N–H and O–H groups in total. The van der Waals surface area contributed by atoms with E-state index in [1.54, 1.807) is 18.0 Å². The average molecular weight is 418 g/mol. The van der Waals surface area contributed by atoms with E-state index in [4.69, 9.17) is 16.7 Å². The summed E-state index contributed by atoms with van der Waals surface area (Å²) in [6, 6.07) is 11.0. The van der Waals surface area contributed by atoms with Crippen LogP contribution in [-0.4, -0.2) is 46.5 Å². The molecule has 0 unspecified atom stereocenters. The van der Waals surface area contributed by atoms with Crippen LogP contribution >= 0.6 is 22.9 Å². The average Bonchev–Trinajstić information content (AvgIpc) is 3.31. The van der Waals surface area contributed by atoms with Crippen LogP contribution in [0.25, 0.3) is 10.2 Å². The Kier molecular flexibility index (Phi) is 5.14. The Balaban J connectivity index is 1.58. The minimum Gasteiger partial charge on any atom is -0.396 e. The lowest BCUT2D eigenvalue weighted by molar-refractivity contribution is -0.133. The maximum absolute atomic E-state index is 12.9. The number of carbonyl (C=O) groups is 2. The number of benzene rings is 1. The lowest BCUT2D eigenvalue weighted by Gasteiger charge is -2.31. The largest absolute Gasteiger partial charge is 0.396 e. The zero-order valence-electron chi connectivity index (χ0n) is 15.2. The number of aliphatic hydroxyl groups is 1. The van der Waals surface area contributed by atoms with Crippen LogP contribution < -0.4 is 5.32 Å². The lowest BCUT2D eigenvalue weighted by atomic mass is 10.0. The van der Waals surface area contributed by atoms with Crippen molar-refractivity contribution in [3.63, 3.8) is 0 Å². The van der Waals surface area contributed by atoms with Gasteiger partial charge >= 0.3 is 0 Å². The highest BCUT2D eigenvalue weighted by molar-refractivity contribution is 7.22. The predicted molar refractivity (Wildman–Crippen MR) is 110 cm³/mol. The van der Waals surface area contributed by atoms with Crippen LogP contribution in [0.1, 0.15) is 34.1 Å². The monoisotopic (exact) mass is 417 g/mol. The van der Waals surface area contributed by atoms with E-state index in [1.165, 1.54) is 11.3 Å². The molecule has 0 spiro atoms. The summed E-state index contributed by atoms with van der Waals surface area (Å²) in [6.45, 7) is -0.198. The molecule has 146 valence electrons. The van der Waals surface area contributed by atoms with Crippen LogP contribution in [0.5, 0.6) is 0 Å². The van der Waals surface area contributed by atoms with E-state index in [9.17, 15) is 9.59 Å². The first kappa shape index (κ1) is 19.0. The second-order valence-electron chi connectivity index (χ2n) is 6.92. The maximum atomic E-state index is 12.9. The van der Waals surface area contributed by atoms with Crippen molar-refractivity contribution >= 4 is 45.0 Å². The molecule has 1 aliphatic carbocycles. The van der Waals surface area contributed by atoms with Gasteiger partial charge in [0.2, 0.25) is 5.91 Å². The molecule has 28 heavy (non-hydrogen) atoms. The number of thiophene rings is 1. The highest BCUT2D eigenvalue weighted by Crippen LogP contribution is 2.36. The summed E-state index contributed by atoms with van der Waals surface area (Å²) in [5.74, 6) is -0.371. The SMILES string of the molecule is CN(C(=O)CCO)[C@@H]1c2ccccc2C[C@H]1NC(=O)c1cc2cc(Cl)sc2[nH]1. The first-order valence-corrected chi connectivity index (χ1v) is 10.2. The van der Waals surface area contributed by atoms with Gasteiger partial charge in [0.1, 0.15) is 10.5 Å². The topological polar surface area (TPSA) is 85.4 Å². The smallest absolute Gasteiger partial charge is 0.268 e. The summed E-state index contributed by atoms with van der Waals surface area (Å²) >= 11 is 7.39. The van der Waals surface area contributed by atoms with Crippen LogP contribution in [0.2, 0.25) is 4.34 Å². The van der Waals surface area contributed by atoms with Crippen molar-refractivity contribution in [1.82, 2.24) is 15.2 Å². The van der Waals surface area contributed by atoms with E-state index in [0.717, 1.165) is 21.3 Å². The summed E-state index contributed by atoms with van der Waals surface area (Å²) in [5, 5.41) is 13.1.